The second-order valence-electron chi connectivity index (χ2n) is 17.0. The Labute approximate surface area is 437 Å². The van der Waals surface area contributed by atoms with Crippen LogP contribution < -0.4 is 18.9 Å². The fraction of sp³-hybridized carbons (Fsp3) is 0.422. The zero-order chi connectivity index (χ0) is 51.6. The van der Waals surface area contributed by atoms with Crippen molar-refractivity contribution >= 4 is 101 Å². The van der Waals surface area contributed by atoms with Crippen molar-refractivity contribution in [3.63, 3.8) is 0 Å². The lowest BCUT2D eigenvalue weighted by atomic mass is 9.97. The van der Waals surface area contributed by atoms with Gasteiger partial charge in [0.15, 0.2) is 28.6 Å². The van der Waals surface area contributed by atoms with Gasteiger partial charge in [-0.05, 0) is 115 Å². The minimum atomic E-state index is -4.89. The Bertz CT molecular complexity index is 2880. The number of halogens is 10. The molecular formula is C45H43Br2Cl2F6N7O7S2. The average Bonchev–Trinajstić information content (AvgIpc) is 4.01. The fourth-order valence-electron chi connectivity index (χ4n) is 7.82. The van der Waals surface area contributed by atoms with Gasteiger partial charge in [-0.2, -0.15) is 0 Å². The van der Waals surface area contributed by atoms with Crippen LogP contribution in [0, 0.1) is 0 Å². The van der Waals surface area contributed by atoms with E-state index in [9.17, 15) is 35.9 Å². The minimum absolute atomic E-state index is 0.0217. The van der Waals surface area contributed by atoms with Crippen LogP contribution in [0.5, 0.6) is 23.0 Å². The molecule has 0 bridgehead atoms. The van der Waals surface area contributed by atoms with E-state index in [1.54, 1.807) is 40.2 Å². The number of piperidine rings is 2. The number of hydrogen-bond acceptors (Lipinski definition) is 13. The van der Waals surface area contributed by atoms with Gasteiger partial charge in [0.1, 0.15) is 37.7 Å². The molecule has 71 heavy (non-hydrogen) atoms. The lowest BCUT2D eigenvalue weighted by Gasteiger charge is -2.32. The summed E-state index contributed by atoms with van der Waals surface area (Å²) < 4.78 is 104. The summed E-state index contributed by atoms with van der Waals surface area (Å²) in [5, 5.41) is 1.54. The van der Waals surface area contributed by atoms with E-state index in [-0.39, 0.29) is 50.8 Å². The molecule has 2 aliphatic rings. The minimum Gasteiger partial charge on any atom is -0.492 e. The predicted octanol–water partition coefficient (Wildman–Crippen LogP) is 13.5. The molecule has 2 saturated heterocycles. The first-order valence-corrected chi connectivity index (χ1v) is 25.5. The van der Waals surface area contributed by atoms with Crippen LogP contribution in [0.3, 0.4) is 0 Å². The standard InChI is InChI=1S/C24H20BrClF3N5O3S.C21H23BrClF3N2O4S/c1-36-20-15(25)9-14(10-17(20)37-24(27,28)29)19-21(26)38-23(32-19)13-4-7-33(8-5-13)18(35)11-34-12-31-16-3-2-6-30-22(16)34;1-20(2,3)32-19(29)28-7-5-11(6-8-28)18-27-15(17(23)33-18)12-9-13(22)16(30-4)14(10-12)31-21(24,25)26/h2-3,6,9-10,12-13H,4-5,7-8,11H2,1H3;9-11H,5-8H2,1-4H3. The molecule has 0 unspecified atom stereocenters. The van der Waals surface area contributed by atoms with Crippen LogP contribution in [-0.4, -0.2) is 105 Å². The molecule has 8 rings (SSSR count). The maximum absolute atomic E-state index is 12.9. The van der Waals surface area contributed by atoms with Crippen molar-refractivity contribution in [3.05, 3.63) is 76.6 Å². The molecule has 382 valence electrons. The van der Waals surface area contributed by atoms with Gasteiger partial charge in [-0.1, -0.05) is 23.2 Å². The van der Waals surface area contributed by atoms with Crippen LogP contribution in [0.2, 0.25) is 8.67 Å². The van der Waals surface area contributed by atoms with Crippen molar-refractivity contribution in [1.82, 2.24) is 34.3 Å². The molecular weight excluding hydrogens is 1160 g/mol. The summed E-state index contributed by atoms with van der Waals surface area (Å²) in [4.78, 5) is 46.5. The number of thiazole rings is 2. The zero-order valence-electron chi connectivity index (χ0n) is 38.2. The summed E-state index contributed by atoms with van der Waals surface area (Å²) in [5.41, 5.74) is 2.28. The van der Waals surface area contributed by atoms with Gasteiger partial charge in [0.05, 0.1) is 39.5 Å². The van der Waals surface area contributed by atoms with Crippen molar-refractivity contribution in [2.45, 2.75) is 83.2 Å². The molecule has 0 saturated carbocycles. The molecule has 6 heterocycles. The van der Waals surface area contributed by atoms with Gasteiger partial charge < -0.3 is 38.1 Å². The number of pyridine rings is 1. The summed E-state index contributed by atoms with van der Waals surface area (Å²) >= 11 is 21.9. The molecule has 0 N–H and O–H groups in total. The Morgan fingerprint density at radius 3 is 1.63 bits per heavy atom. The number of imidazole rings is 1. The third kappa shape index (κ3) is 13.7. The largest absolute Gasteiger partial charge is 0.573 e. The molecule has 0 atom stereocenters. The number of ether oxygens (including phenoxy) is 5. The summed E-state index contributed by atoms with van der Waals surface area (Å²) in [6, 6.07) is 9.22. The van der Waals surface area contributed by atoms with Gasteiger partial charge in [-0.15, -0.1) is 49.0 Å². The molecule has 2 aromatic carbocycles. The second-order valence-corrected chi connectivity index (χ2v) is 22.0. The first-order chi connectivity index (χ1) is 33.4. The number of aromatic nitrogens is 5. The maximum atomic E-state index is 12.9. The van der Waals surface area contributed by atoms with E-state index in [2.05, 4.69) is 61.3 Å². The normalized spacial score (nSPS) is 15.1. The number of carbonyl (C=O) groups is 2. The number of rotatable bonds is 10. The SMILES string of the molecule is COc1c(Br)cc(-c2nc(C3CCN(C(=O)Cn4cnc5cccnc54)CC3)sc2Cl)cc1OC(F)(F)F.COc1c(Br)cc(-c2nc(C3CCN(C(=O)OC(C)(C)C)CC3)sc2Cl)cc1OC(F)(F)F. The highest BCUT2D eigenvalue weighted by atomic mass is 79.9. The Hall–Kier alpha value is -4.62. The van der Waals surface area contributed by atoms with Gasteiger partial charge in [0.2, 0.25) is 5.91 Å². The second kappa shape index (κ2) is 22.2. The van der Waals surface area contributed by atoms with E-state index >= 15 is 0 Å². The smallest absolute Gasteiger partial charge is 0.492 e. The maximum Gasteiger partial charge on any atom is 0.573 e. The van der Waals surface area contributed by atoms with Crippen molar-refractivity contribution < 1.29 is 59.6 Å². The number of carbonyl (C=O) groups excluding carboxylic acids is 2. The number of methoxy groups -OCH3 is 2. The molecule has 2 amide bonds. The van der Waals surface area contributed by atoms with Gasteiger partial charge >= 0.3 is 18.8 Å². The third-order valence-corrected chi connectivity index (χ3v) is 15.0. The molecule has 26 heteroatoms. The first kappa shape index (κ1) is 54.2. The van der Waals surface area contributed by atoms with E-state index in [4.69, 9.17) is 37.4 Å². The number of hydrogen-bond donors (Lipinski definition) is 0. The molecule has 14 nitrogen and oxygen atoms in total. The highest BCUT2D eigenvalue weighted by molar-refractivity contribution is 9.11. The third-order valence-electron chi connectivity index (χ3n) is 11.0. The van der Waals surface area contributed by atoms with E-state index < -0.39 is 29.8 Å². The highest BCUT2D eigenvalue weighted by Gasteiger charge is 2.36. The topological polar surface area (TPSA) is 143 Å². The summed E-state index contributed by atoms with van der Waals surface area (Å²) in [7, 11) is 2.50. The molecule has 0 spiro atoms. The molecule has 4 aromatic heterocycles. The van der Waals surface area contributed by atoms with Crippen molar-refractivity contribution in [2.75, 3.05) is 40.4 Å². The first-order valence-electron chi connectivity index (χ1n) is 21.5. The van der Waals surface area contributed by atoms with Gasteiger partial charge in [-0.25, -0.2) is 24.7 Å². The van der Waals surface area contributed by atoms with Crippen LogP contribution in [0.15, 0.2) is 57.9 Å². The Balaban J connectivity index is 0.000000211. The number of likely N-dealkylation sites (tertiary alicyclic amines) is 2. The summed E-state index contributed by atoms with van der Waals surface area (Å²) in [5.74, 6) is -1.04. The zero-order valence-corrected chi connectivity index (χ0v) is 44.5. The number of nitrogens with zero attached hydrogens (tertiary/aromatic N) is 7. The monoisotopic (exact) mass is 1200 g/mol. The van der Waals surface area contributed by atoms with Crippen molar-refractivity contribution in [2.24, 2.45) is 0 Å². The summed E-state index contributed by atoms with van der Waals surface area (Å²) in [6.45, 7) is 7.74. The summed E-state index contributed by atoms with van der Waals surface area (Å²) in [6.07, 6.45) is -4.12. The lowest BCUT2D eigenvalue weighted by molar-refractivity contribution is -0.276. The Morgan fingerprint density at radius 2 is 1.20 bits per heavy atom. The number of fused-ring (bicyclic) bond motifs is 1. The van der Waals surface area contributed by atoms with E-state index in [1.165, 1.54) is 49.0 Å². The molecule has 6 aromatic rings. The van der Waals surface area contributed by atoms with Crippen LogP contribution in [0.25, 0.3) is 33.7 Å². The number of benzene rings is 2. The van der Waals surface area contributed by atoms with E-state index in [0.29, 0.717) is 88.7 Å². The van der Waals surface area contributed by atoms with Crippen LogP contribution in [0.4, 0.5) is 31.1 Å². The van der Waals surface area contributed by atoms with Crippen molar-refractivity contribution in [3.8, 4) is 45.5 Å². The Kier molecular flexibility index (Phi) is 17.0. The van der Waals surface area contributed by atoms with Gasteiger partial charge in [-0.3, -0.25) is 4.79 Å². The van der Waals surface area contributed by atoms with E-state index in [1.807, 2.05) is 31.7 Å². The Morgan fingerprint density at radius 1 is 0.732 bits per heavy atom. The van der Waals surface area contributed by atoms with Crippen LogP contribution in [0.1, 0.15) is 68.3 Å². The average molecular weight is 1200 g/mol. The molecule has 2 aliphatic heterocycles. The van der Waals surface area contributed by atoms with Crippen molar-refractivity contribution in [1.29, 1.82) is 0 Å². The number of amides is 2. The quantitative estimate of drug-likeness (QED) is 0.121. The molecule has 0 aliphatic carbocycles. The number of alkyl halides is 6. The fourth-order valence-corrected chi connectivity index (χ4v) is 11.8. The van der Waals surface area contributed by atoms with Crippen LogP contribution in [-0.2, 0) is 16.1 Å². The molecule has 0 radical (unpaired) electrons. The molecule has 2 fully saturated rings. The lowest BCUT2D eigenvalue weighted by Crippen LogP contribution is -2.41. The van der Waals surface area contributed by atoms with Gasteiger partial charge in [0, 0.05) is 55.3 Å². The highest BCUT2D eigenvalue weighted by Crippen LogP contribution is 2.47. The van der Waals surface area contributed by atoms with Gasteiger partial charge in [0.25, 0.3) is 0 Å². The predicted molar refractivity (Wildman–Crippen MR) is 263 cm³/mol. The van der Waals surface area contributed by atoms with E-state index in [0.717, 1.165) is 15.5 Å². The van der Waals surface area contributed by atoms with Crippen LogP contribution >= 0.6 is 77.7 Å².